The number of nitrogens with one attached hydrogen (secondary N) is 2. The van der Waals surface area contributed by atoms with E-state index in [-0.39, 0.29) is 0 Å². The van der Waals surface area contributed by atoms with Crippen LogP contribution in [0, 0.1) is 5.41 Å². The zero-order valence-electron chi connectivity index (χ0n) is 12.7. The van der Waals surface area contributed by atoms with Crippen molar-refractivity contribution in [2.24, 2.45) is 17.5 Å². The number of rotatable bonds is 5. The Kier molecular flexibility index (Phi) is 5.79. The molecule has 0 bridgehead atoms. The first-order valence-electron chi connectivity index (χ1n) is 6.70. The maximum atomic E-state index is 4.19. The van der Waals surface area contributed by atoms with E-state index in [0.717, 1.165) is 24.7 Å². The van der Waals surface area contributed by atoms with E-state index in [1.165, 1.54) is 6.42 Å². The van der Waals surface area contributed by atoms with Crippen LogP contribution in [0.1, 0.15) is 39.4 Å². The highest BCUT2D eigenvalue weighted by Gasteiger charge is 2.09. The highest BCUT2D eigenvalue weighted by Crippen LogP contribution is 2.19. The molecule has 0 amide bonds. The molecule has 0 aromatic carbocycles. The maximum Gasteiger partial charge on any atom is 0.191 e. The molecular formula is C13H26N6. The van der Waals surface area contributed by atoms with E-state index in [2.05, 4.69) is 46.5 Å². The normalized spacial score (nSPS) is 12.6. The van der Waals surface area contributed by atoms with E-state index in [4.69, 9.17) is 0 Å². The number of hydrogen-bond donors (Lipinski definition) is 2. The third-order valence-corrected chi connectivity index (χ3v) is 2.84. The lowest BCUT2D eigenvalue weighted by Crippen LogP contribution is -2.38. The van der Waals surface area contributed by atoms with Crippen LogP contribution in [0.2, 0.25) is 0 Å². The van der Waals surface area contributed by atoms with Gasteiger partial charge in [0.1, 0.15) is 12.2 Å². The van der Waals surface area contributed by atoms with Gasteiger partial charge in [-0.3, -0.25) is 9.67 Å². The van der Waals surface area contributed by atoms with Gasteiger partial charge in [-0.2, -0.15) is 5.10 Å². The lowest BCUT2D eigenvalue weighted by molar-refractivity contribution is 0.365. The van der Waals surface area contributed by atoms with Crippen molar-refractivity contribution >= 4 is 5.96 Å². The molecule has 0 fully saturated rings. The molecule has 1 heterocycles. The summed E-state index contributed by atoms with van der Waals surface area (Å²) < 4.78 is 1.75. The second-order valence-corrected chi connectivity index (χ2v) is 5.82. The van der Waals surface area contributed by atoms with Gasteiger partial charge >= 0.3 is 0 Å². The minimum Gasteiger partial charge on any atom is -0.356 e. The van der Waals surface area contributed by atoms with Gasteiger partial charge in [0.05, 0.1) is 6.54 Å². The average Bonchev–Trinajstić information content (AvgIpc) is 2.73. The Morgan fingerprint density at radius 1 is 1.37 bits per heavy atom. The van der Waals surface area contributed by atoms with Gasteiger partial charge in [-0.15, -0.1) is 0 Å². The second-order valence-electron chi connectivity index (χ2n) is 5.82. The number of nitrogens with zero attached hydrogens (tertiary/aromatic N) is 4. The van der Waals surface area contributed by atoms with E-state index in [1.54, 1.807) is 18.1 Å². The maximum absolute atomic E-state index is 4.19. The van der Waals surface area contributed by atoms with Crippen LogP contribution < -0.4 is 10.6 Å². The van der Waals surface area contributed by atoms with Crippen LogP contribution in [0.5, 0.6) is 0 Å². The third-order valence-electron chi connectivity index (χ3n) is 2.84. The van der Waals surface area contributed by atoms with Crippen LogP contribution >= 0.6 is 0 Å². The lowest BCUT2D eigenvalue weighted by atomic mass is 9.91. The molecule has 0 atom stereocenters. The first kappa shape index (κ1) is 15.5. The Morgan fingerprint density at radius 2 is 2.11 bits per heavy atom. The molecule has 0 aliphatic carbocycles. The Bertz CT molecular complexity index is 402. The molecule has 1 aromatic heterocycles. The molecule has 0 saturated carbocycles. The van der Waals surface area contributed by atoms with Gasteiger partial charge in [0.15, 0.2) is 5.96 Å². The molecule has 0 unspecified atom stereocenters. The molecule has 1 rings (SSSR count). The summed E-state index contributed by atoms with van der Waals surface area (Å²) in [6, 6.07) is 0. The number of aromatic nitrogens is 3. The Labute approximate surface area is 115 Å². The smallest absolute Gasteiger partial charge is 0.191 e. The SMILES string of the molecule is CN=C(NCCCC(C)(C)C)NCc1ncnn1C. The van der Waals surface area contributed by atoms with Crippen LogP contribution in [0.4, 0.5) is 0 Å². The summed E-state index contributed by atoms with van der Waals surface area (Å²) >= 11 is 0. The van der Waals surface area contributed by atoms with Gasteiger partial charge in [-0.25, -0.2) is 4.98 Å². The molecule has 0 aliphatic heterocycles. The largest absolute Gasteiger partial charge is 0.356 e. The predicted molar refractivity (Wildman–Crippen MR) is 77.9 cm³/mol. The van der Waals surface area contributed by atoms with Crippen molar-refractivity contribution in [1.29, 1.82) is 0 Å². The van der Waals surface area contributed by atoms with Gasteiger partial charge in [0, 0.05) is 20.6 Å². The average molecular weight is 266 g/mol. The van der Waals surface area contributed by atoms with Crippen molar-refractivity contribution < 1.29 is 0 Å². The predicted octanol–water partition coefficient (Wildman–Crippen LogP) is 1.31. The van der Waals surface area contributed by atoms with Gasteiger partial charge in [0.2, 0.25) is 0 Å². The minimum atomic E-state index is 0.386. The fraction of sp³-hybridized carbons (Fsp3) is 0.769. The first-order chi connectivity index (χ1) is 8.92. The van der Waals surface area contributed by atoms with Crippen molar-refractivity contribution in [3.8, 4) is 0 Å². The fourth-order valence-electron chi connectivity index (χ4n) is 1.69. The second kappa shape index (κ2) is 7.11. The van der Waals surface area contributed by atoms with E-state index in [0.29, 0.717) is 12.0 Å². The van der Waals surface area contributed by atoms with Crippen LogP contribution in [-0.2, 0) is 13.6 Å². The summed E-state index contributed by atoms with van der Waals surface area (Å²) in [5, 5.41) is 10.6. The quantitative estimate of drug-likeness (QED) is 0.479. The molecule has 2 N–H and O–H groups in total. The lowest BCUT2D eigenvalue weighted by Gasteiger charge is -2.18. The van der Waals surface area contributed by atoms with Crippen molar-refractivity contribution in [2.45, 2.75) is 40.2 Å². The zero-order chi connectivity index (χ0) is 14.3. The minimum absolute atomic E-state index is 0.386. The fourth-order valence-corrected chi connectivity index (χ4v) is 1.69. The van der Waals surface area contributed by atoms with Crippen molar-refractivity contribution in [3.63, 3.8) is 0 Å². The molecule has 0 saturated heterocycles. The summed E-state index contributed by atoms with van der Waals surface area (Å²) in [6.07, 6.45) is 3.88. The van der Waals surface area contributed by atoms with Crippen molar-refractivity contribution in [3.05, 3.63) is 12.2 Å². The third kappa shape index (κ3) is 6.22. The number of guanidine groups is 1. The first-order valence-corrected chi connectivity index (χ1v) is 6.70. The van der Waals surface area contributed by atoms with Crippen LogP contribution in [0.25, 0.3) is 0 Å². The molecular weight excluding hydrogens is 240 g/mol. The van der Waals surface area contributed by atoms with Crippen LogP contribution in [-0.4, -0.2) is 34.3 Å². The molecule has 6 heteroatoms. The standard InChI is InChI=1S/C13H26N6/c1-13(2,3)7-6-8-15-12(14-4)16-9-11-17-10-18-19(11)5/h10H,6-9H2,1-5H3,(H2,14,15,16). The van der Waals surface area contributed by atoms with Crippen LogP contribution in [0.15, 0.2) is 11.3 Å². The molecule has 1 aromatic rings. The molecule has 19 heavy (non-hydrogen) atoms. The van der Waals surface area contributed by atoms with Gasteiger partial charge in [-0.05, 0) is 18.3 Å². The monoisotopic (exact) mass is 266 g/mol. The molecule has 0 spiro atoms. The highest BCUT2D eigenvalue weighted by atomic mass is 15.3. The van der Waals surface area contributed by atoms with Gasteiger partial charge in [-0.1, -0.05) is 20.8 Å². The number of aryl methyl sites for hydroxylation is 1. The van der Waals surface area contributed by atoms with Crippen LogP contribution in [0.3, 0.4) is 0 Å². The molecule has 6 nitrogen and oxygen atoms in total. The summed E-state index contributed by atoms with van der Waals surface area (Å²) in [7, 11) is 3.65. The Hall–Kier alpha value is -1.59. The molecule has 108 valence electrons. The van der Waals surface area contributed by atoms with Gasteiger partial charge < -0.3 is 10.6 Å². The van der Waals surface area contributed by atoms with E-state index < -0.39 is 0 Å². The Morgan fingerprint density at radius 3 is 2.63 bits per heavy atom. The zero-order valence-corrected chi connectivity index (χ0v) is 12.7. The Balaban J connectivity index is 2.26. The number of aliphatic imine (C=N–C) groups is 1. The van der Waals surface area contributed by atoms with E-state index >= 15 is 0 Å². The topological polar surface area (TPSA) is 67.1 Å². The summed E-state index contributed by atoms with van der Waals surface area (Å²) in [4.78, 5) is 8.35. The molecule has 0 aliphatic rings. The van der Waals surface area contributed by atoms with Gasteiger partial charge in [0.25, 0.3) is 0 Å². The van der Waals surface area contributed by atoms with Crippen molar-refractivity contribution in [1.82, 2.24) is 25.4 Å². The summed E-state index contributed by atoms with van der Waals surface area (Å²) in [5.74, 6) is 1.69. The number of hydrogen-bond acceptors (Lipinski definition) is 3. The van der Waals surface area contributed by atoms with E-state index in [9.17, 15) is 0 Å². The highest BCUT2D eigenvalue weighted by molar-refractivity contribution is 5.79. The van der Waals surface area contributed by atoms with Crippen molar-refractivity contribution in [2.75, 3.05) is 13.6 Å². The molecule has 0 radical (unpaired) electrons. The van der Waals surface area contributed by atoms with E-state index in [1.807, 2.05) is 7.05 Å². The summed E-state index contributed by atoms with van der Waals surface area (Å²) in [6.45, 7) is 8.32. The summed E-state index contributed by atoms with van der Waals surface area (Å²) in [5.41, 5.74) is 0.386.